The summed E-state index contributed by atoms with van der Waals surface area (Å²) >= 11 is 0. The van der Waals surface area contributed by atoms with Gasteiger partial charge in [-0.2, -0.15) is 0 Å². The van der Waals surface area contributed by atoms with Crippen molar-refractivity contribution in [2.75, 3.05) is 11.9 Å². The fourth-order valence-electron chi connectivity index (χ4n) is 2.43. The number of pyridine rings is 1. The molecule has 0 radical (unpaired) electrons. The lowest BCUT2D eigenvalue weighted by Gasteiger charge is -2.05. The Morgan fingerprint density at radius 3 is 2.52 bits per heavy atom. The highest BCUT2D eigenvalue weighted by Crippen LogP contribution is 2.15. The number of nitrogens with one attached hydrogen (secondary N) is 1. The van der Waals surface area contributed by atoms with Crippen LogP contribution in [0.3, 0.4) is 0 Å². The molecular weight excluding hydrogens is 361 g/mol. The van der Waals surface area contributed by atoms with E-state index in [-0.39, 0.29) is 24.5 Å². The van der Waals surface area contributed by atoms with Crippen LogP contribution >= 0.6 is 0 Å². The molecule has 0 fully saturated rings. The van der Waals surface area contributed by atoms with Crippen molar-refractivity contribution in [2.24, 2.45) is 0 Å². The minimum Gasteiger partial charge on any atom is -0.396 e. The highest BCUT2D eigenvalue weighted by Gasteiger charge is 2.12. The molecule has 0 atom stereocenters. The zero-order valence-electron chi connectivity index (χ0n) is 14.0. The number of amides is 1. The molecule has 3 rings (SSSR count). The van der Waals surface area contributed by atoms with Crippen LogP contribution < -0.4 is 5.32 Å². The van der Waals surface area contributed by atoms with Gasteiger partial charge in [0.2, 0.25) is 0 Å². The van der Waals surface area contributed by atoms with E-state index >= 15 is 0 Å². The number of nitrogens with zero attached hydrogens (tertiary/aromatic N) is 3. The Morgan fingerprint density at radius 1 is 1.15 bits per heavy atom. The maximum absolute atomic E-state index is 13.3. The molecule has 3 aromatic rings. The van der Waals surface area contributed by atoms with E-state index in [0.717, 1.165) is 12.1 Å². The minimum atomic E-state index is -1.52. The van der Waals surface area contributed by atoms with Crippen LogP contribution in [0.5, 0.6) is 0 Å². The van der Waals surface area contributed by atoms with Gasteiger partial charge < -0.3 is 15.0 Å². The first kappa shape index (κ1) is 18.6. The van der Waals surface area contributed by atoms with Crippen molar-refractivity contribution < 1.29 is 23.1 Å². The number of hydrogen-bond acceptors (Lipinski definition) is 4. The summed E-state index contributed by atoms with van der Waals surface area (Å²) in [6.07, 6.45) is 4.64. The van der Waals surface area contributed by atoms with Gasteiger partial charge in [0.05, 0.1) is 11.9 Å². The van der Waals surface area contributed by atoms with E-state index in [0.29, 0.717) is 17.7 Å². The van der Waals surface area contributed by atoms with Crippen molar-refractivity contribution in [1.29, 1.82) is 0 Å². The number of anilines is 1. The van der Waals surface area contributed by atoms with E-state index in [1.54, 1.807) is 12.1 Å². The number of aliphatic hydroxyl groups excluding tert-OH is 1. The summed E-state index contributed by atoms with van der Waals surface area (Å²) in [5.41, 5.74) is 1.19. The van der Waals surface area contributed by atoms with Gasteiger partial charge in [-0.3, -0.25) is 9.78 Å². The van der Waals surface area contributed by atoms with Gasteiger partial charge in [0.15, 0.2) is 23.3 Å². The summed E-state index contributed by atoms with van der Waals surface area (Å²) in [7, 11) is 0. The van der Waals surface area contributed by atoms with Crippen LogP contribution in [-0.4, -0.2) is 32.2 Å². The van der Waals surface area contributed by atoms with Crippen molar-refractivity contribution in [2.45, 2.75) is 13.0 Å². The third-order valence-corrected chi connectivity index (χ3v) is 3.74. The Morgan fingerprint density at radius 2 is 1.89 bits per heavy atom. The van der Waals surface area contributed by atoms with Gasteiger partial charge in [-0.1, -0.05) is 0 Å². The lowest BCUT2D eigenvalue weighted by Crippen LogP contribution is -2.12. The zero-order valence-corrected chi connectivity index (χ0v) is 14.0. The molecule has 0 aliphatic carbocycles. The Kier molecular flexibility index (Phi) is 5.51. The number of aromatic nitrogens is 3. The summed E-state index contributed by atoms with van der Waals surface area (Å²) in [6.45, 7) is 0.0201. The average molecular weight is 376 g/mol. The number of benzene rings is 1. The predicted molar refractivity (Wildman–Crippen MR) is 90.6 cm³/mol. The molecule has 1 amide bonds. The number of hydrogen-bond donors (Lipinski definition) is 2. The topological polar surface area (TPSA) is 80.0 Å². The van der Waals surface area contributed by atoms with Crippen molar-refractivity contribution >= 4 is 11.7 Å². The molecule has 0 unspecified atom stereocenters. The lowest BCUT2D eigenvalue weighted by molar-refractivity contribution is 0.102. The number of rotatable bonds is 6. The first-order chi connectivity index (χ1) is 13.0. The quantitative estimate of drug-likeness (QED) is 0.648. The van der Waals surface area contributed by atoms with Crippen LogP contribution in [-0.2, 0) is 13.0 Å². The molecule has 27 heavy (non-hydrogen) atoms. The van der Waals surface area contributed by atoms with Gasteiger partial charge in [0.25, 0.3) is 5.91 Å². The molecule has 0 aliphatic heterocycles. The summed E-state index contributed by atoms with van der Waals surface area (Å²) < 4.78 is 41.0. The summed E-state index contributed by atoms with van der Waals surface area (Å²) in [6, 6.07) is 5.02. The standard InChI is InChI=1S/C18H15F3N4O2/c19-14-5-11(6-15(20)17(14)21)8-25-9-16(23-10-25)24-18(27)12-1-2-13(3-4-26)22-7-12/h1-2,5-7,9-10,26H,3-4,8H2,(H,24,27). The second-order valence-corrected chi connectivity index (χ2v) is 5.77. The molecule has 0 aliphatic rings. The van der Waals surface area contributed by atoms with Gasteiger partial charge in [0, 0.05) is 37.7 Å². The fraction of sp³-hybridized carbons (Fsp3) is 0.167. The van der Waals surface area contributed by atoms with E-state index in [2.05, 4.69) is 15.3 Å². The highest BCUT2D eigenvalue weighted by molar-refractivity contribution is 6.03. The Labute approximate surface area is 152 Å². The summed E-state index contributed by atoms with van der Waals surface area (Å²) in [5, 5.41) is 11.4. The number of halogens is 3. The molecule has 0 bridgehead atoms. The predicted octanol–water partition coefficient (Wildman–Crippen LogP) is 2.53. The maximum atomic E-state index is 13.3. The fourth-order valence-corrected chi connectivity index (χ4v) is 2.43. The van der Waals surface area contributed by atoms with Crippen LogP contribution in [0.15, 0.2) is 43.0 Å². The van der Waals surface area contributed by atoms with Crippen LogP contribution in [0.1, 0.15) is 21.6 Å². The van der Waals surface area contributed by atoms with Gasteiger partial charge in [0.1, 0.15) is 0 Å². The van der Waals surface area contributed by atoms with Gasteiger partial charge in [-0.15, -0.1) is 0 Å². The summed E-state index contributed by atoms with van der Waals surface area (Å²) in [4.78, 5) is 20.3. The van der Waals surface area contributed by atoms with Gasteiger partial charge in [-0.05, 0) is 29.8 Å². The van der Waals surface area contributed by atoms with Crippen molar-refractivity contribution in [3.63, 3.8) is 0 Å². The van der Waals surface area contributed by atoms with Gasteiger partial charge in [-0.25, -0.2) is 18.2 Å². The molecule has 140 valence electrons. The first-order valence-corrected chi connectivity index (χ1v) is 7.98. The van der Waals surface area contributed by atoms with Crippen molar-refractivity contribution in [1.82, 2.24) is 14.5 Å². The molecule has 2 aromatic heterocycles. The smallest absolute Gasteiger partial charge is 0.258 e. The zero-order chi connectivity index (χ0) is 19.4. The molecule has 6 nitrogen and oxygen atoms in total. The molecule has 2 heterocycles. The SMILES string of the molecule is O=C(Nc1cn(Cc2cc(F)c(F)c(F)c2)cn1)c1ccc(CCO)nc1. The van der Waals surface area contributed by atoms with Gasteiger partial charge >= 0.3 is 0 Å². The molecule has 1 aromatic carbocycles. The lowest BCUT2D eigenvalue weighted by atomic mass is 10.2. The Balaban J connectivity index is 1.66. The number of aliphatic hydroxyl groups is 1. The van der Waals surface area contributed by atoms with E-state index in [4.69, 9.17) is 5.11 Å². The number of carbonyl (C=O) groups is 1. The Hall–Kier alpha value is -3.20. The average Bonchev–Trinajstić information content (AvgIpc) is 3.07. The van der Waals surface area contributed by atoms with Crippen molar-refractivity contribution in [3.05, 3.63) is 77.3 Å². The van der Waals surface area contributed by atoms with Crippen molar-refractivity contribution in [3.8, 4) is 0 Å². The highest BCUT2D eigenvalue weighted by atomic mass is 19.2. The third kappa shape index (κ3) is 4.50. The molecule has 0 spiro atoms. The largest absolute Gasteiger partial charge is 0.396 e. The summed E-state index contributed by atoms with van der Waals surface area (Å²) in [5.74, 6) is -4.24. The molecule has 9 heteroatoms. The second kappa shape index (κ2) is 8.00. The molecular formula is C18H15F3N4O2. The molecule has 0 saturated carbocycles. The Bertz CT molecular complexity index is 934. The second-order valence-electron chi connectivity index (χ2n) is 5.77. The van der Waals surface area contributed by atoms with E-state index in [1.165, 1.54) is 23.3 Å². The minimum absolute atomic E-state index is 0.0299. The monoisotopic (exact) mass is 376 g/mol. The van der Waals surface area contributed by atoms with Crippen LogP contribution in [0.4, 0.5) is 19.0 Å². The number of carbonyl (C=O) groups excluding carboxylic acids is 1. The first-order valence-electron chi connectivity index (χ1n) is 7.98. The van der Waals surface area contributed by atoms with E-state index in [1.807, 2.05) is 0 Å². The van der Waals surface area contributed by atoms with E-state index < -0.39 is 23.4 Å². The molecule has 0 saturated heterocycles. The maximum Gasteiger partial charge on any atom is 0.258 e. The number of imidazole rings is 1. The van der Waals surface area contributed by atoms with Crippen LogP contribution in [0, 0.1) is 17.5 Å². The normalized spacial score (nSPS) is 10.8. The third-order valence-electron chi connectivity index (χ3n) is 3.74. The van der Waals surface area contributed by atoms with Crippen LogP contribution in [0.2, 0.25) is 0 Å². The van der Waals surface area contributed by atoms with E-state index in [9.17, 15) is 18.0 Å². The molecule has 2 N–H and O–H groups in total. The van der Waals surface area contributed by atoms with Crippen LogP contribution in [0.25, 0.3) is 0 Å².